The summed E-state index contributed by atoms with van der Waals surface area (Å²) in [5, 5.41) is 14.5. The van der Waals surface area contributed by atoms with Crippen molar-refractivity contribution in [1.82, 2.24) is 30.1 Å². The quantitative estimate of drug-likeness (QED) is 0.254. The second-order valence-corrected chi connectivity index (χ2v) is 8.40. The van der Waals surface area contributed by atoms with Gasteiger partial charge in [-0.25, -0.2) is 13.1 Å². The van der Waals surface area contributed by atoms with Gasteiger partial charge >= 0.3 is 0 Å². The second-order valence-electron chi connectivity index (χ2n) is 6.69. The number of sulfonamides is 1. The van der Waals surface area contributed by atoms with Gasteiger partial charge in [-0.15, -0.1) is 34.2 Å². The summed E-state index contributed by atoms with van der Waals surface area (Å²) in [5.74, 6) is 1.63. The van der Waals surface area contributed by atoms with Crippen LogP contribution in [0.4, 0.5) is 0 Å². The molecule has 1 aliphatic carbocycles. The van der Waals surface area contributed by atoms with E-state index in [2.05, 4.69) is 30.5 Å². The topological polar surface area (TPSA) is 113 Å². The van der Waals surface area contributed by atoms with Crippen LogP contribution in [-0.2, 0) is 29.5 Å². The molecule has 3 rings (SSSR count). The van der Waals surface area contributed by atoms with Crippen LogP contribution in [0.15, 0.2) is 40.5 Å². The standard InChI is InChI=1S/C18H27N7O2S.HI/c1-3-17-23-22-13-25(17)11-10-20-18(19-2)21-12-14-4-8-16(9-5-14)28(26,27)24-15-6-7-15;/h4-5,8-9,13,15,24H,3,6-7,10-12H2,1-2H3,(H2,19,20,21);1H. The molecule has 1 aromatic carbocycles. The molecule has 1 fully saturated rings. The molecule has 9 nitrogen and oxygen atoms in total. The van der Waals surface area contributed by atoms with Crippen LogP contribution < -0.4 is 15.4 Å². The van der Waals surface area contributed by atoms with Gasteiger partial charge in [0.1, 0.15) is 12.2 Å². The number of aromatic nitrogens is 3. The highest BCUT2D eigenvalue weighted by atomic mass is 127. The van der Waals surface area contributed by atoms with Crippen molar-refractivity contribution in [3.8, 4) is 0 Å². The van der Waals surface area contributed by atoms with Gasteiger partial charge in [-0.1, -0.05) is 19.1 Å². The molecule has 0 amide bonds. The largest absolute Gasteiger partial charge is 0.355 e. The Morgan fingerprint density at radius 3 is 2.59 bits per heavy atom. The molecule has 3 N–H and O–H groups in total. The fourth-order valence-corrected chi connectivity index (χ4v) is 4.02. The Bertz CT molecular complexity index is 909. The zero-order chi connectivity index (χ0) is 20.0. The van der Waals surface area contributed by atoms with Crippen LogP contribution in [0, 0.1) is 0 Å². The first-order chi connectivity index (χ1) is 13.5. The third kappa shape index (κ3) is 6.93. The highest BCUT2D eigenvalue weighted by Gasteiger charge is 2.27. The van der Waals surface area contributed by atoms with Gasteiger partial charge in [0.15, 0.2) is 5.96 Å². The molecule has 0 saturated heterocycles. The van der Waals surface area contributed by atoms with E-state index in [4.69, 9.17) is 0 Å². The lowest BCUT2D eigenvalue weighted by atomic mass is 10.2. The smallest absolute Gasteiger partial charge is 0.240 e. The molecule has 2 aromatic rings. The number of aryl methyl sites for hydroxylation is 1. The molecule has 1 saturated carbocycles. The lowest BCUT2D eigenvalue weighted by Crippen LogP contribution is -2.38. The maximum atomic E-state index is 12.2. The van der Waals surface area contributed by atoms with E-state index < -0.39 is 10.0 Å². The summed E-state index contributed by atoms with van der Waals surface area (Å²) in [7, 11) is -1.70. The van der Waals surface area contributed by atoms with E-state index in [9.17, 15) is 8.42 Å². The summed E-state index contributed by atoms with van der Waals surface area (Å²) in [5.41, 5.74) is 0.973. The fourth-order valence-electron chi connectivity index (χ4n) is 2.72. The summed E-state index contributed by atoms with van der Waals surface area (Å²) in [6.07, 6.45) is 4.41. The molecular formula is C18H28IN7O2S. The fraction of sp³-hybridized carbons (Fsp3) is 0.500. The number of hydrogen-bond donors (Lipinski definition) is 3. The average molecular weight is 533 g/mol. The van der Waals surface area contributed by atoms with E-state index in [1.54, 1.807) is 25.5 Å². The summed E-state index contributed by atoms with van der Waals surface area (Å²) < 4.78 is 29.1. The molecule has 29 heavy (non-hydrogen) atoms. The van der Waals surface area contributed by atoms with Crippen molar-refractivity contribution >= 4 is 40.0 Å². The van der Waals surface area contributed by atoms with E-state index >= 15 is 0 Å². The van der Waals surface area contributed by atoms with E-state index in [0.717, 1.165) is 37.2 Å². The summed E-state index contributed by atoms with van der Waals surface area (Å²) in [4.78, 5) is 4.51. The number of hydrogen-bond acceptors (Lipinski definition) is 5. The van der Waals surface area contributed by atoms with Crippen molar-refractivity contribution < 1.29 is 8.42 Å². The first-order valence-corrected chi connectivity index (χ1v) is 10.9. The van der Waals surface area contributed by atoms with Gasteiger partial charge in [-0.05, 0) is 30.5 Å². The van der Waals surface area contributed by atoms with Crippen molar-refractivity contribution in [3.63, 3.8) is 0 Å². The van der Waals surface area contributed by atoms with E-state index in [1.807, 2.05) is 23.6 Å². The highest BCUT2D eigenvalue weighted by molar-refractivity contribution is 14.0. The molecule has 0 spiro atoms. The molecule has 0 aliphatic heterocycles. The maximum absolute atomic E-state index is 12.2. The minimum Gasteiger partial charge on any atom is -0.355 e. The normalized spacial score (nSPS) is 14.3. The summed E-state index contributed by atoms with van der Waals surface area (Å²) >= 11 is 0. The molecule has 0 bridgehead atoms. The Morgan fingerprint density at radius 2 is 1.97 bits per heavy atom. The lowest BCUT2D eigenvalue weighted by molar-refractivity contribution is 0.581. The number of nitrogens with one attached hydrogen (secondary N) is 3. The van der Waals surface area contributed by atoms with Crippen LogP contribution in [0.2, 0.25) is 0 Å². The first kappa shape index (κ1) is 23.5. The minimum absolute atomic E-state index is 0. The predicted molar refractivity (Wildman–Crippen MR) is 123 cm³/mol. The van der Waals surface area contributed by atoms with Crippen LogP contribution in [0.3, 0.4) is 0 Å². The maximum Gasteiger partial charge on any atom is 0.240 e. The molecule has 0 unspecified atom stereocenters. The van der Waals surface area contributed by atoms with Gasteiger partial charge in [0.05, 0.1) is 4.90 Å². The molecule has 1 aliphatic rings. The predicted octanol–water partition coefficient (Wildman–Crippen LogP) is 1.26. The van der Waals surface area contributed by atoms with Crippen molar-refractivity contribution in [2.24, 2.45) is 4.99 Å². The molecule has 1 heterocycles. The monoisotopic (exact) mass is 533 g/mol. The SMILES string of the molecule is CCc1nncn1CCNC(=NC)NCc1ccc(S(=O)(=O)NC2CC2)cc1.I. The number of halogens is 1. The summed E-state index contributed by atoms with van der Waals surface area (Å²) in [6, 6.07) is 7.00. The van der Waals surface area contributed by atoms with Crippen LogP contribution in [0.25, 0.3) is 0 Å². The van der Waals surface area contributed by atoms with Crippen LogP contribution >= 0.6 is 24.0 Å². The highest BCUT2D eigenvalue weighted by Crippen LogP contribution is 2.22. The molecule has 1 aromatic heterocycles. The third-order valence-electron chi connectivity index (χ3n) is 4.47. The zero-order valence-corrected chi connectivity index (χ0v) is 19.8. The summed E-state index contributed by atoms with van der Waals surface area (Å²) in [6.45, 7) is 4.03. The van der Waals surface area contributed by atoms with Crippen molar-refractivity contribution in [1.29, 1.82) is 0 Å². The molecule has 160 valence electrons. The Kier molecular flexibility index (Phi) is 8.83. The van der Waals surface area contributed by atoms with Crippen molar-refractivity contribution in [2.45, 2.75) is 50.2 Å². The zero-order valence-electron chi connectivity index (χ0n) is 16.6. The molecule has 0 atom stereocenters. The van der Waals surface area contributed by atoms with E-state index in [1.165, 1.54) is 0 Å². The van der Waals surface area contributed by atoms with Gasteiger partial charge in [0.2, 0.25) is 10.0 Å². The third-order valence-corrected chi connectivity index (χ3v) is 6.01. The Hall–Kier alpha value is -1.73. The van der Waals surface area contributed by atoms with Gasteiger partial charge in [0, 0.05) is 39.1 Å². The van der Waals surface area contributed by atoms with Gasteiger partial charge in [0.25, 0.3) is 0 Å². The minimum atomic E-state index is -3.41. The Labute approximate surface area is 188 Å². The average Bonchev–Trinajstić information content (AvgIpc) is 3.38. The van der Waals surface area contributed by atoms with Crippen molar-refractivity contribution in [3.05, 3.63) is 42.0 Å². The van der Waals surface area contributed by atoms with Crippen LogP contribution in [0.1, 0.15) is 31.2 Å². The van der Waals surface area contributed by atoms with Gasteiger partial charge < -0.3 is 15.2 Å². The van der Waals surface area contributed by atoms with Crippen molar-refractivity contribution in [2.75, 3.05) is 13.6 Å². The Morgan fingerprint density at radius 1 is 1.24 bits per heavy atom. The number of guanidine groups is 1. The van der Waals surface area contributed by atoms with E-state index in [0.29, 0.717) is 23.9 Å². The number of rotatable bonds is 9. The van der Waals surface area contributed by atoms with Crippen LogP contribution in [0.5, 0.6) is 0 Å². The number of benzene rings is 1. The number of nitrogens with zero attached hydrogens (tertiary/aromatic N) is 4. The lowest BCUT2D eigenvalue weighted by Gasteiger charge is -2.13. The molecule has 0 radical (unpaired) electrons. The molecular weight excluding hydrogens is 505 g/mol. The van der Waals surface area contributed by atoms with Gasteiger partial charge in [-0.3, -0.25) is 4.99 Å². The first-order valence-electron chi connectivity index (χ1n) is 9.44. The Balaban J connectivity index is 0.00000300. The second kappa shape index (κ2) is 10.9. The molecule has 11 heteroatoms. The van der Waals surface area contributed by atoms with Crippen LogP contribution in [-0.4, -0.2) is 48.8 Å². The number of aliphatic imine (C=N–C) groups is 1. The van der Waals surface area contributed by atoms with Gasteiger partial charge in [-0.2, -0.15) is 0 Å². The van der Waals surface area contributed by atoms with E-state index in [-0.39, 0.29) is 30.0 Å².